The molecule has 2 aromatic heterocycles. The predicted octanol–water partition coefficient (Wildman–Crippen LogP) is 2.84. The second-order valence-corrected chi connectivity index (χ2v) is 5.61. The Balaban J connectivity index is 1.65. The van der Waals surface area contributed by atoms with E-state index < -0.39 is 0 Å². The maximum atomic E-state index is 4.24. The van der Waals surface area contributed by atoms with Crippen molar-refractivity contribution in [2.45, 2.75) is 19.5 Å². The third-order valence-corrected chi connectivity index (χ3v) is 3.99. The molecule has 4 nitrogen and oxygen atoms in total. The van der Waals surface area contributed by atoms with Crippen LogP contribution < -0.4 is 5.32 Å². The molecule has 0 fully saturated rings. The van der Waals surface area contributed by atoms with E-state index in [9.17, 15) is 0 Å². The van der Waals surface area contributed by atoms with Gasteiger partial charge in [0.1, 0.15) is 5.52 Å². The van der Waals surface area contributed by atoms with E-state index in [1.165, 1.54) is 4.88 Å². The first-order valence-electron chi connectivity index (χ1n) is 6.37. The van der Waals surface area contributed by atoms with Crippen LogP contribution in [-0.2, 0) is 6.54 Å². The molecular weight excluding hydrogens is 256 g/mol. The molecule has 1 unspecified atom stereocenters. The minimum Gasteiger partial charge on any atom is -0.310 e. The Labute approximate surface area is 116 Å². The van der Waals surface area contributed by atoms with Gasteiger partial charge in [-0.1, -0.05) is 23.4 Å². The first-order chi connectivity index (χ1) is 9.34. The van der Waals surface area contributed by atoms with Crippen LogP contribution in [0.1, 0.15) is 17.8 Å². The molecule has 19 heavy (non-hydrogen) atoms. The zero-order valence-corrected chi connectivity index (χ0v) is 11.6. The largest absolute Gasteiger partial charge is 0.310 e. The molecule has 3 rings (SSSR count). The zero-order chi connectivity index (χ0) is 13.1. The maximum Gasteiger partial charge on any atom is 0.113 e. The highest BCUT2D eigenvalue weighted by atomic mass is 32.1. The van der Waals surface area contributed by atoms with E-state index in [2.05, 4.69) is 46.1 Å². The van der Waals surface area contributed by atoms with Gasteiger partial charge in [-0.15, -0.1) is 16.4 Å². The minimum atomic E-state index is 0.285. The van der Waals surface area contributed by atoms with Crippen LogP contribution in [-0.4, -0.2) is 21.5 Å². The van der Waals surface area contributed by atoms with Gasteiger partial charge in [0.25, 0.3) is 0 Å². The summed E-state index contributed by atoms with van der Waals surface area (Å²) >= 11 is 1.78. The Morgan fingerprint density at radius 1 is 1.26 bits per heavy atom. The quantitative estimate of drug-likeness (QED) is 0.776. The molecule has 0 aliphatic heterocycles. The number of rotatable bonds is 5. The fourth-order valence-electron chi connectivity index (χ4n) is 2.12. The van der Waals surface area contributed by atoms with E-state index in [-0.39, 0.29) is 6.04 Å². The number of nitrogens with zero attached hydrogens (tertiary/aromatic N) is 3. The molecule has 0 spiro atoms. The van der Waals surface area contributed by atoms with Crippen LogP contribution in [0.2, 0.25) is 0 Å². The van der Waals surface area contributed by atoms with Gasteiger partial charge in [-0.25, -0.2) is 4.68 Å². The molecule has 0 saturated carbocycles. The Hall–Kier alpha value is -1.72. The second-order valence-electron chi connectivity index (χ2n) is 4.58. The molecule has 0 saturated heterocycles. The van der Waals surface area contributed by atoms with Gasteiger partial charge < -0.3 is 5.32 Å². The van der Waals surface area contributed by atoms with Crippen molar-refractivity contribution in [1.29, 1.82) is 0 Å². The van der Waals surface area contributed by atoms with Crippen molar-refractivity contribution in [3.05, 3.63) is 46.7 Å². The Bertz CT molecular complexity index is 644. The summed E-state index contributed by atoms with van der Waals surface area (Å²) < 4.78 is 1.98. The van der Waals surface area contributed by atoms with Gasteiger partial charge in [0.2, 0.25) is 0 Å². The molecule has 5 heteroatoms. The van der Waals surface area contributed by atoms with Gasteiger partial charge in [0, 0.05) is 18.0 Å². The van der Waals surface area contributed by atoms with E-state index in [1.807, 2.05) is 22.9 Å². The summed E-state index contributed by atoms with van der Waals surface area (Å²) in [5, 5.41) is 14.0. The summed E-state index contributed by atoms with van der Waals surface area (Å²) in [5.74, 6) is 0. The van der Waals surface area contributed by atoms with Crippen molar-refractivity contribution >= 4 is 22.4 Å². The number of benzene rings is 1. The molecule has 2 heterocycles. The third-order valence-electron chi connectivity index (χ3n) is 3.11. The lowest BCUT2D eigenvalue weighted by Crippen LogP contribution is -2.23. The maximum absolute atomic E-state index is 4.24. The number of thiophene rings is 1. The van der Waals surface area contributed by atoms with E-state index in [0.717, 1.165) is 24.1 Å². The van der Waals surface area contributed by atoms with Crippen molar-refractivity contribution in [3.8, 4) is 0 Å². The zero-order valence-electron chi connectivity index (χ0n) is 10.8. The average Bonchev–Trinajstić information content (AvgIpc) is 3.07. The highest BCUT2D eigenvalue weighted by Gasteiger charge is 2.10. The van der Waals surface area contributed by atoms with Crippen LogP contribution in [0.5, 0.6) is 0 Å². The van der Waals surface area contributed by atoms with Crippen molar-refractivity contribution in [3.63, 3.8) is 0 Å². The first kappa shape index (κ1) is 12.3. The number of hydrogen-bond acceptors (Lipinski definition) is 4. The Kier molecular flexibility index (Phi) is 3.57. The molecule has 98 valence electrons. The summed E-state index contributed by atoms with van der Waals surface area (Å²) in [7, 11) is 0. The van der Waals surface area contributed by atoms with E-state index in [4.69, 9.17) is 0 Å². The van der Waals surface area contributed by atoms with Crippen LogP contribution in [0.25, 0.3) is 11.0 Å². The van der Waals surface area contributed by atoms with Crippen LogP contribution >= 0.6 is 11.3 Å². The molecule has 0 radical (unpaired) electrons. The van der Waals surface area contributed by atoms with Gasteiger partial charge in [0.05, 0.1) is 11.6 Å². The third kappa shape index (κ3) is 2.67. The first-order valence-corrected chi connectivity index (χ1v) is 7.25. The number of nitrogens with one attached hydrogen (secondary N) is 1. The molecule has 1 aromatic carbocycles. The summed E-state index contributed by atoms with van der Waals surface area (Å²) in [6.07, 6.45) is 0. The van der Waals surface area contributed by atoms with Crippen molar-refractivity contribution in [2.24, 2.45) is 0 Å². The highest BCUT2D eigenvalue weighted by Crippen LogP contribution is 2.15. The molecule has 0 aliphatic rings. The van der Waals surface area contributed by atoms with Gasteiger partial charge in [-0.3, -0.25) is 0 Å². The summed E-state index contributed by atoms with van der Waals surface area (Å²) in [6, 6.07) is 12.6. The standard InChI is InChI=1S/C14H16N4S/c1-11(9-15-10-12-5-4-8-19-12)18-14-7-3-2-6-13(14)16-17-18/h2-8,11,15H,9-10H2,1H3. The van der Waals surface area contributed by atoms with Crippen LogP contribution in [0, 0.1) is 0 Å². The topological polar surface area (TPSA) is 42.7 Å². The average molecular weight is 272 g/mol. The number of para-hydroxylation sites is 1. The molecule has 1 N–H and O–H groups in total. The van der Waals surface area contributed by atoms with Crippen LogP contribution in [0.3, 0.4) is 0 Å². The van der Waals surface area contributed by atoms with Crippen molar-refractivity contribution in [1.82, 2.24) is 20.3 Å². The normalized spacial score (nSPS) is 12.9. The second kappa shape index (κ2) is 5.50. The molecule has 0 bridgehead atoms. The highest BCUT2D eigenvalue weighted by molar-refractivity contribution is 7.09. The lowest BCUT2D eigenvalue weighted by atomic mass is 10.3. The summed E-state index contributed by atoms with van der Waals surface area (Å²) in [6.45, 7) is 3.95. The number of aromatic nitrogens is 3. The van der Waals surface area contributed by atoms with Gasteiger partial charge in [-0.2, -0.15) is 0 Å². The van der Waals surface area contributed by atoms with E-state index >= 15 is 0 Å². The molecule has 0 aliphatic carbocycles. The fourth-order valence-corrected chi connectivity index (χ4v) is 2.79. The SMILES string of the molecule is CC(CNCc1cccs1)n1nnc2ccccc21. The van der Waals surface area contributed by atoms with Gasteiger partial charge >= 0.3 is 0 Å². The summed E-state index contributed by atoms with van der Waals surface area (Å²) in [5.41, 5.74) is 2.04. The molecule has 3 aromatic rings. The Morgan fingerprint density at radius 2 is 2.16 bits per heavy atom. The molecule has 1 atom stereocenters. The fraction of sp³-hybridized carbons (Fsp3) is 0.286. The number of hydrogen-bond donors (Lipinski definition) is 1. The van der Waals surface area contributed by atoms with Gasteiger partial charge in [-0.05, 0) is 30.5 Å². The van der Waals surface area contributed by atoms with E-state index in [0.29, 0.717) is 0 Å². The van der Waals surface area contributed by atoms with Crippen LogP contribution in [0.4, 0.5) is 0 Å². The summed E-state index contributed by atoms with van der Waals surface area (Å²) in [4.78, 5) is 1.36. The monoisotopic (exact) mass is 272 g/mol. The molecular formula is C14H16N4S. The lowest BCUT2D eigenvalue weighted by Gasteiger charge is -2.13. The van der Waals surface area contributed by atoms with Crippen LogP contribution in [0.15, 0.2) is 41.8 Å². The minimum absolute atomic E-state index is 0.285. The number of fused-ring (bicyclic) bond motifs is 1. The van der Waals surface area contributed by atoms with Gasteiger partial charge in [0.15, 0.2) is 0 Å². The Morgan fingerprint density at radius 3 is 3.00 bits per heavy atom. The lowest BCUT2D eigenvalue weighted by molar-refractivity contribution is 0.455. The van der Waals surface area contributed by atoms with Crippen molar-refractivity contribution in [2.75, 3.05) is 6.54 Å². The predicted molar refractivity (Wildman–Crippen MR) is 78.3 cm³/mol. The molecule has 0 amide bonds. The van der Waals surface area contributed by atoms with Crippen molar-refractivity contribution < 1.29 is 0 Å². The smallest absolute Gasteiger partial charge is 0.113 e. The van der Waals surface area contributed by atoms with E-state index in [1.54, 1.807) is 11.3 Å².